The van der Waals surface area contributed by atoms with Crippen molar-refractivity contribution in [3.05, 3.63) is 32.2 Å². The molecule has 0 aromatic heterocycles. The average Bonchev–Trinajstić information content (AvgIpc) is 3.35. The van der Waals surface area contributed by atoms with Gasteiger partial charge >= 0.3 is 11.9 Å². The molecule has 2 saturated heterocycles. The van der Waals surface area contributed by atoms with Crippen LogP contribution in [0.15, 0.2) is 26.7 Å². The lowest BCUT2D eigenvalue weighted by molar-refractivity contribution is -0.143. The van der Waals surface area contributed by atoms with Gasteiger partial charge in [0.15, 0.2) is 11.5 Å². The zero-order valence-corrected chi connectivity index (χ0v) is 26.3. The highest BCUT2D eigenvalue weighted by Gasteiger charge is 2.62. The minimum atomic E-state index is -1.04. The molecule has 1 saturated carbocycles. The molecule has 0 bridgehead atoms. The van der Waals surface area contributed by atoms with Crippen LogP contribution in [0.5, 0.6) is 11.5 Å². The van der Waals surface area contributed by atoms with E-state index in [0.29, 0.717) is 10.0 Å². The number of imide groups is 2. The van der Waals surface area contributed by atoms with Crippen molar-refractivity contribution in [3.63, 3.8) is 0 Å². The Balaban J connectivity index is 1.58. The lowest BCUT2D eigenvalue weighted by Gasteiger charge is -2.44. The molecule has 3 fully saturated rings. The first-order valence-electron chi connectivity index (χ1n) is 14.0. The number of rotatable bonds is 10. The number of benzene rings is 1. The van der Waals surface area contributed by atoms with E-state index in [1.807, 2.05) is 6.08 Å². The van der Waals surface area contributed by atoms with Crippen molar-refractivity contribution >= 4 is 67.4 Å². The number of ether oxygens (including phenoxy) is 1. The van der Waals surface area contributed by atoms with E-state index in [4.69, 9.17) is 14.9 Å². The third kappa shape index (κ3) is 5.26. The van der Waals surface area contributed by atoms with Crippen LogP contribution >= 0.6 is 31.9 Å². The Kier molecular flexibility index (Phi) is 8.72. The molecule has 230 valence electrons. The molecule has 6 atom stereocenters. The number of halogens is 2. The number of likely N-dealkylation sites (tertiary alicyclic amines) is 2. The van der Waals surface area contributed by atoms with Crippen LogP contribution in [-0.2, 0) is 28.8 Å². The minimum absolute atomic E-state index is 0.0169. The van der Waals surface area contributed by atoms with E-state index in [1.165, 1.54) is 7.11 Å². The first-order valence-corrected chi connectivity index (χ1v) is 15.6. The second kappa shape index (κ2) is 12.0. The molecular weight excluding hydrogens is 696 g/mol. The van der Waals surface area contributed by atoms with Crippen LogP contribution in [0.2, 0.25) is 0 Å². The van der Waals surface area contributed by atoms with Crippen LogP contribution in [-0.4, -0.2) is 80.9 Å². The summed E-state index contributed by atoms with van der Waals surface area (Å²) in [6.07, 6.45) is 2.09. The van der Waals surface area contributed by atoms with Crippen molar-refractivity contribution in [2.45, 2.75) is 44.4 Å². The van der Waals surface area contributed by atoms with Crippen molar-refractivity contribution in [3.8, 4) is 11.5 Å². The predicted molar refractivity (Wildman–Crippen MR) is 155 cm³/mol. The number of fused-ring (bicyclic) bond motifs is 4. The van der Waals surface area contributed by atoms with E-state index < -0.39 is 65.2 Å². The van der Waals surface area contributed by atoms with Crippen molar-refractivity contribution in [2.24, 2.45) is 29.6 Å². The predicted octanol–water partition coefficient (Wildman–Crippen LogP) is 3.29. The molecule has 0 spiro atoms. The average molecular weight is 726 g/mol. The summed E-state index contributed by atoms with van der Waals surface area (Å²) in [5, 5.41) is 28.7. The van der Waals surface area contributed by atoms with E-state index in [1.54, 1.807) is 6.07 Å². The molecule has 2 aliphatic heterocycles. The minimum Gasteiger partial charge on any atom is -0.503 e. The Bertz CT molecular complexity index is 1460. The molecule has 1 aromatic carbocycles. The van der Waals surface area contributed by atoms with Crippen molar-refractivity contribution in [1.82, 2.24) is 9.80 Å². The summed E-state index contributed by atoms with van der Waals surface area (Å²) >= 11 is 6.92. The second-order valence-corrected chi connectivity index (χ2v) is 12.9. The van der Waals surface area contributed by atoms with Gasteiger partial charge in [-0.3, -0.25) is 38.6 Å². The van der Waals surface area contributed by atoms with Gasteiger partial charge in [0, 0.05) is 36.3 Å². The standard InChI is InChI=1S/C29H30Br2N2O10/c1-43-17-11-15(23(30)24(31)25(17)38)20-12-6-7-13-21(28(41)32(26(13)39)8-2-4-18(34)35)14(12)10-16-22(20)29(42)33(27(16)40)9-3-5-19(36)37/h6,11,13-14,16,20-22,38H,2-5,7-10H2,1H3,(H,34,35)(H,36,37). The number of allylic oxidation sites excluding steroid dienone is 2. The Morgan fingerprint density at radius 1 is 0.860 bits per heavy atom. The number of nitrogens with zero attached hydrogens (tertiary/aromatic N) is 2. The molecule has 12 nitrogen and oxygen atoms in total. The first-order chi connectivity index (χ1) is 20.4. The summed E-state index contributed by atoms with van der Waals surface area (Å²) < 4.78 is 6.10. The number of carbonyl (C=O) groups excluding carboxylic acids is 4. The number of carbonyl (C=O) groups is 6. The highest BCUT2D eigenvalue weighted by atomic mass is 79.9. The first kappa shape index (κ1) is 31.2. The van der Waals surface area contributed by atoms with E-state index >= 15 is 0 Å². The van der Waals surface area contributed by atoms with Gasteiger partial charge in [-0.25, -0.2) is 0 Å². The molecule has 4 aliphatic rings. The van der Waals surface area contributed by atoms with Gasteiger partial charge < -0.3 is 20.1 Å². The van der Waals surface area contributed by atoms with Gasteiger partial charge in [-0.2, -0.15) is 0 Å². The smallest absolute Gasteiger partial charge is 0.303 e. The zero-order chi connectivity index (χ0) is 31.3. The van der Waals surface area contributed by atoms with Gasteiger partial charge in [0.25, 0.3) is 0 Å². The maximum atomic E-state index is 13.9. The normalized spacial score (nSPS) is 28.0. The Morgan fingerprint density at radius 2 is 1.42 bits per heavy atom. The summed E-state index contributed by atoms with van der Waals surface area (Å²) in [6.45, 7) is -0.0745. The fraction of sp³-hybridized carbons (Fsp3) is 0.517. The van der Waals surface area contributed by atoms with Crippen LogP contribution in [0.4, 0.5) is 0 Å². The fourth-order valence-corrected chi connectivity index (χ4v) is 8.25. The molecular formula is C29H30Br2N2O10. The van der Waals surface area contributed by atoms with Gasteiger partial charge in [-0.15, -0.1) is 0 Å². The van der Waals surface area contributed by atoms with Crippen molar-refractivity contribution < 1.29 is 48.8 Å². The fourth-order valence-electron chi connectivity index (χ4n) is 7.28. The van der Waals surface area contributed by atoms with Gasteiger partial charge in [-0.05, 0) is 75.1 Å². The number of carboxylic acids is 2. The Labute approximate surface area is 263 Å². The van der Waals surface area contributed by atoms with Gasteiger partial charge in [0.1, 0.15) is 0 Å². The van der Waals surface area contributed by atoms with Gasteiger partial charge in [0.2, 0.25) is 23.6 Å². The monoisotopic (exact) mass is 724 g/mol. The van der Waals surface area contributed by atoms with Crippen molar-refractivity contribution in [2.75, 3.05) is 20.2 Å². The van der Waals surface area contributed by atoms with Crippen molar-refractivity contribution in [1.29, 1.82) is 0 Å². The van der Waals surface area contributed by atoms with Crippen LogP contribution in [0, 0.1) is 29.6 Å². The maximum absolute atomic E-state index is 13.9. The highest BCUT2D eigenvalue weighted by Crippen LogP contribution is 2.60. The third-order valence-corrected chi connectivity index (χ3v) is 11.3. The molecule has 1 aromatic rings. The number of carboxylic acid groups (broad SMARTS) is 2. The molecule has 0 radical (unpaired) electrons. The molecule has 3 N–H and O–H groups in total. The zero-order valence-electron chi connectivity index (χ0n) is 23.1. The maximum Gasteiger partial charge on any atom is 0.303 e. The molecule has 2 aliphatic carbocycles. The number of aromatic hydroxyl groups is 1. The molecule has 5 rings (SSSR count). The van der Waals surface area contributed by atoms with E-state index in [2.05, 4.69) is 31.9 Å². The Morgan fingerprint density at radius 3 is 1.98 bits per heavy atom. The molecule has 6 unspecified atom stereocenters. The quantitative estimate of drug-likeness (QED) is 0.240. The number of hydrogen-bond donors (Lipinski definition) is 3. The lowest BCUT2D eigenvalue weighted by atomic mass is 9.57. The second-order valence-electron chi connectivity index (χ2n) is 11.3. The molecule has 4 amide bonds. The van der Waals surface area contributed by atoms with Crippen LogP contribution in [0.1, 0.15) is 50.0 Å². The molecule has 43 heavy (non-hydrogen) atoms. The SMILES string of the molecule is COc1cc(C2C3=CCC4C(=O)N(CCCC(=O)O)C(=O)C4C3CC3C(=O)N(CCCC(=O)O)C(=O)C32)c(Br)c(Br)c1O. The summed E-state index contributed by atoms with van der Waals surface area (Å²) in [4.78, 5) is 79.1. The highest BCUT2D eigenvalue weighted by molar-refractivity contribution is 9.13. The van der Waals surface area contributed by atoms with Crippen LogP contribution < -0.4 is 4.74 Å². The third-order valence-electron chi connectivity index (χ3n) is 9.10. The van der Waals surface area contributed by atoms with Gasteiger partial charge in [0.05, 0.1) is 35.3 Å². The van der Waals surface area contributed by atoms with E-state index in [-0.39, 0.29) is 73.5 Å². The molecule has 2 heterocycles. The summed E-state index contributed by atoms with van der Waals surface area (Å²) in [6, 6.07) is 1.59. The van der Waals surface area contributed by atoms with Crippen LogP contribution in [0.3, 0.4) is 0 Å². The summed E-state index contributed by atoms with van der Waals surface area (Å²) in [7, 11) is 1.38. The topological polar surface area (TPSA) is 179 Å². The largest absolute Gasteiger partial charge is 0.503 e. The van der Waals surface area contributed by atoms with Crippen LogP contribution in [0.25, 0.3) is 0 Å². The van der Waals surface area contributed by atoms with E-state index in [9.17, 15) is 33.9 Å². The number of amides is 4. The number of methoxy groups -OCH3 is 1. The van der Waals surface area contributed by atoms with E-state index in [0.717, 1.165) is 15.4 Å². The summed E-state index contributed by atoms with van der Waals surface area (Å²) in [5.41, 5.74) is 1.29. The number of phenols is 1. The van der Waals surface area contributed by atoms with Gasteiger partial charge in [-0.1, -0.05) is 11.6 Å². The number of hydrogen-bond acceptors (Lipinski definition) is 8. The lowest BCUT2D eigenvalue weighted by Crippen LogP contribution is -2.43. The number of aliphatic carboxylic acids is 2. The molecule has 14 heteroatoms. The number of phenolic OH excluding ortho intramolecular Hbond substituents is 1. The Hall–Kier alpha value is -3.26. The summed E-state index contributed by atoms with van der Waals surface area (Å²) in [5.74, 6) is -8.14.